The van der Waals surface area contributed by atoms with Gasteiger partial charge in [0.2, 0.25) is 5.91 Å². The maximum atomic E-state index is 12.2. The van der Waals surface area contributed by atoms with Crippen molar-refractivity contribution in [3.8, 4) is 0 Å². The predicted molar refractivity (Wildman–Crippen MR) is 84.1 cm³/mol. The van der Waals surface area contributed by atoms with Crippen molar-refractivity contribution in [3.63, 3.8) is 0 Å². The Morgan fingerprint density at radius 2 is 2.09 bits per heavy atom. The van der Waals surface area contributed by atoms with Crippen LogP contribution in [0.25, 0.3) is 0 Å². The van der Waals surface area contributed by atoms with Crippen LogP contribution in [0.5, 0.6) is 0 Å². The monoisotopic (exact) mass is 316 g/mol. The third-order valence-electron chi connectivity index (χ3n) is 3.78. The van der Waals surface area contributed by atoms with Gasteiger partial charge in [-0.15, -0.1) is 0 Å². The van der Waals surface area contributed by atoms with E-state index in [2.05, 4.69) is 10.5 Å². The molecule has 0 aliphatic heterocycles. The van der Waals surface area contributed by atoms with Gasteiger partial charge in [-0.1, -0.05) is 24.2 Å². The molecule has 1 heterocycles. The Balaban J connectivity index is 1.94. The second-order valence-electron chi connectivity index (χ2n) is 5.63. The summed E-state index contributed by atoms with van der Waals surface area (Å²) in [5.41, 5.74) is 2.72. The zero-order valence-corrected chi connectivity index (χ0v) is 13.4. The maximum absolute atomic E-state index is 12.2. The molecule has 1 aromatic carbocycles. The number of aromatic carboxylic acids is 1. The Kier molecular flexibility index (Phi) is 5.16. The van der Waals surface area contributed by atoms with Gasteiger partial charge in [0.1, 0.15) is 5.76 Å². The highest BCUT2D eigenvalue weighted by molar-refractivity contribution is 5.87. The number of nitrogens with one attached hydrogen (secondary N) is 1. The van der Waals surface area contributed by atoms with Crippen molar-refractivity contribution in [3.05, 3.63) is 52.4 Å². The summed E-state index contributed by atoms with van der Waals surface area (Å²) in [6.45, 7) is 5.83. The van der Waals surface area contributed by atoms with E-state index in [4.69, 9.17) is 9.63 Å². The smallest absolute Gasteiger partial charge is 0.335 e. The fourth-order valence-electron chi connectivity index (χ4n) is 2.37. The number of aromatic nitrogens is 1. The van der Waals surface area contributed by atoms with E-state index in [0.29, 0.717) is 13.0 Å². The summed E-state index contributed by atoms with van der Waals surface area (Å²) in [6, 6.07) is 6.53. The summed E-state index contributed by atoms with van der Waals surface area (Å²) in [6.07, 6.45) is 0.558. The number of amides is 1. The van der Waals surface area contributed by atoms with E-state index in [9.17, 15) is 9.59 Å². The largest absolute Gasteiger partial charge is 0.478 e. The second-order valence-corrected chi connectivity index (χ2v) is 5.63. The highest BCUT2D eigenvalue weighted by atomic mass is 16.5. The summed E-state index contributed by atoms with van der Waals surface area (Å²) in [5.74, 6) is -0.568. The first kappa shape index (κ1) is 16.7. The van der Waals surface area contributed by atoms with E-state index in [0.717, 1.165) is 22.6 Å². The molecule has 1 amide bonds. The molecular formula is C17H20N2O4. The van der Waals surface area contributed by atoms with E-state index in [1.54, 1.807) is 18.2 Å². The highest BCUT2D eigenvalue weighted by Crippen LogP contribution is 2.17. The number of nitrogens with zero attached hydrogens (tertiary/aromatic N) is 1. The van der Waals surface area contributed by atoms with Gasteiger partial charge < -0.3 is 14.9 Å². The van der Waals surface area contributed by atoms with Crippen molar-refractivity contribution >= 4 is 11.9 Å². The quantitative estimate of drug-likeness (QED) is 0.854. The van der Waals surface area contributed by atoms with Gasteiger partial charge in [-0.3, -0.25) is 4.79 Å². The average molecular weight is 316 g/mol. The van der Waals surface area contributed by atoms with Crippen LogP contribution in [0.3, 0.4) is 0 Å². The first-order valence-corrected chi connectivity index (χ1v) is 7.40. The lowest BCUT2D eigenvalue weighted by Crippen LogP contribution is -2.30. The van der Waals surface area contributed by atoms with E-state index in [-0.39, 0.29) is 17.4 Å². The van der Waals surface area contributed by atoms with Gasteiger partial charge in [-0.05, 0) is 38.0 Å². The molecule has 2 rings (SSSR count). The Labute approximate surface area is 134 Å². The second kappa shape index (κ2) is 7.09. The third kappa shape index (κ3) is 4.18. The minimum atomic E-state index is -0.982. The van der Waals surface area contributed by atoms with Gasteiger partial charge in [0.25, 0.3) is 0 Å². The van der Waals surface area contributed by atoms with Crippen LogP contribution in [-0.2, 0) is 17.8 Å². The molecule has 23 heavy (non-hydrogen) atoms. The molecule has 0 unspecified atom stereocenters. The summed E-state index contributed by atoms with van der Waals surface area (Å²) in [7, 11) is 0. The van der Waals surface area contributed by atoms with Gasteiger partial charge in [-0.25, -0.2) is 4.79 Å². The molecule has 0 spiro atoms. The van der Waals surface area contributed by atoms with Crippen LogP contribution in [0.2, 0.25) is 0 Å². The fourth-order valence-corrected chi connectivity index (χ4v) is 2.37. The van der Waals surface area contributed by atoms with Crippen molar-refractivity contribution in [1.82, 2.24) is 10.5 Å². The molecule has 2 aromatic rings. The lowest BCUT2D eigenvalue weighted by molar-refractivity contribution is -0.124. The number of hydrogen-bond donors (Lipinski definition) is 2. The summed E-state index contributed by atoms with van der Waals surface area (Å²) >= 11 is 0. The SMILES string of the molecule is Cc1noc(C)c1C[C@@H](C)C(=O)NCc1cccc(C(=O)O)c1. The molecule has 0 aliphatic rings. The molecule has 0 aliphatic carbocycles. The molecule has 6 heteroatoms. The van der Waals surface area contributed by atoms with Crippen molar-refractivity contribution in [1.29, 1.82) is 0 Å². The lowest BCUT2D eigenvalue weighted by Gasteiger charge is -2.12. The Morgan fingerprint density at radius 3 is 2.70 bits per heavy atom. The number of aryl methyl sites for hydroxylation is 2. The van der Waals surface area contributed by atoms with Crippen LogP contribution in [0.4, 0.5) is 0 Å². The Morgan fingerprint density at radius 1 is 1.35 bits per heavy atom. The molecule has 1 aromatic heterocycles. The molecule has 0 bridgehead atoms. The first-order valence-electron chi connectivity index (χ1n) is 7.40. The highest BCUT2D eigenvalue weighted by Gasteiger charge is 2.18. The van der Waals surface area contributed by atoms with E-state index >= 15 is 0 Å². The molecule has 2 N–H and O–H groups in total. The van der Waals surface area contributed by atoms with Crippen LogP contribution < -0.4 is 5.32 Å². The van der Waals surface area contributed by atoms with Crippen LogP contribution in [0, 0.1) is 19.8 Å². The van der Waals surface area contributed by atoms with Gasteiger partial charge in [0.15, 0.2) is 0 Å². The van der Waals surface area contributed by atoms with Gasteiger partial charge in [0.05, 0.1) is 11.3 Å². The summed E-state index contributed by atoms with van der Waals surface area (Å²) in [4.78, 5) is 23.1. The number of benzene rings is 1. The summed E-state index contributed by atoms with van der Waals surface area (Å²) < 4.78 is 5.10. The number of hydrogen-bond acceptors (Lipinski definition) is 4. The number of carbonyl (C=O) groups excluding carboxylic acids is 1. The average Bonchev–Trinajstić information content (AvgIpc) is 2.84. The zero-order valence-electron chi connectivity index (χ0n) is 13.4. The standard InChI is InChI=1S/C17H20N2O4/c1-10(7-15-11(2)19-23-12(15)3)16(20)18-9-13-5-4-6-14(8-13)17(21)22/h4-6,8,10H,7,9H2,1-3H3,(H,18,20)(H,21,22)/t10-/m1/s1. The van der Waals surface area contributed by atoms with Gasteiger partial charge in [-0.2, -0.15) is 0 Å². The summed E-state index contributed by atoms with van der Waals surface area (Å²) in [5, 5.41) is 15.7. The van der Waals surface area contributed by atoms with Crippen LogP contribution in [0.1, 0.15) is 39.9 Å². The lowest BCUT2D eigenvalue weighted by atomic mass is 9.99. The molecule has 0 saturated heterocycles. The molecule has 0 radical (unpaired) electrons. The molecule has 122 valence electrons. The number of rotatable bonds is 6. The topological polar surface area (TPSA) is 92.4 Å². The van der Waals surface area contributed by atoms with Crippen LogP contribution in [-0.4, -0.2) is 22.1 Å². The van der Waals surface area contributed by atoms with Gasteiger partial charge in [0, 0.05) is 18.0 Å². The van der Waals surface area contributed by atoms with E-state index in [1.165, 1.54) is 6.07 Å². The maximum Gasteiger partial charge on any atom is 0.335 e. The Hall–Kier alpha value is -2.63. The normalized spacial score (nSPS) is 12.0. The number of carbonyl (C=O) groups is 2. The van der Waals surface area contributed by atoms with E-state index < -0.39 is 5.97 Å². The van der Waals surface area contributed by atoms with Crippen LogP contribution in [0.15, 0.2) is 28.8 Å². The first-order chi connectivity index (χ1) is 10.9. The zero-order chi connectivity index (χ0) is 17.0. The minimum absolute atomic E-state index is 0.0919. The van der Waals surface area contributed by atoms with Crippen molar-refractivity contribution in [2.75, 3.05) is 0 Å². The van der Waals surface area contributed by atoms with E-state index in [1.807, 2.05) is 20.8 Å². The fraction of sp³-hybridized carbons (Fsp3) is 0.353. The number of carboxylic acids is 1. The molecule has 0 fully saturated rings. The van der Waals surface area contributed by atoms with Crippen LogP contribution >= 0.6 is 0 Å². The molecule has 1 atom stereocenters. The Bertz CT molecular complexity index is 702. The number of carboxylic acid groups (broad SMARTS) is 1. The predicted octanol–water partition coefficient (Wildman–Crippen LogP) is 2.48. The van der Waals surface area contributed by atoms with Crippen molar-refractivity contribution in [2.24, 2.45) is 5.92 Å². The van der Waals surface area contributed by atoms with Crippen molar-refractivity contribution in [2.45, 2.75) is 33.7 Å². The third-order valence-corrected chi connectivity index (χ3v) is 3.78. The van der Waals surface area contributed by atoms with Gasteiger partial charge >= 0.3 is 5.97 Å². The van der Waals surface area contributed by atoms with Crippen molar-refractivity contribution < 1.29 is 19.2 Å². The minimum Gasteiger partial charge on any atom is -0.478 e. The molecular weight excluding hydrogens is 296 g/mol. The molecule has 0 saturated carbocycles. The molecule has 6 nitrogen and oxygen atoms in total.